The maximum atomic E-state index is 13.8. The second-order valence-corrected chi connectivity index (χ2v) is 12.3. The largest absolute Gasteiger partial charge is 0.449 e. The molecule has 5 aromatic rings. The van der Waals surface area contributed by atoms with Gasteiger partial charge in [-0.05, 0) is 47.9 Å². The molecule has 2 aliphatic rings. The number of carbonyl (C=O) groups excluding carboxylic acids is 6. The van der Waals surface area contributed by atoms with Gasteiger partial charge in [0.2, 0.25) is 6.10 Å². The van der Waals surface area contributed by atoms with Crippen molar-refractivity contribution in [3.8, 4) is 5.69 Å². The first kappa shape index (κ1) is 34.9. The predicted octanol–water partition coefficient (Wildman–Crippen LogP) is 3.10. The van der Waals surface area contributed by atoms with E-state index >= 15 is 0 Å². The van der Waals surface area contributed by atoms with Gasteiger partial charge in [0, 0.05) is 30.8 Å². The Balaban J connectivity index is 1.15. The van der Waals surface area contributed by atoms with E-state index < -0.39 is 59.6 Å². The fraction of sp³-hybridized carbons (Fsp3) is 0.182. The Labute approximate surface area is 299 Å². The van der Waals surface area contributed by atoms with Crippen molar-refractivity contribution in [2.75, 3.05) is 28.3 Å². The van der Waals surface area contributed by atoms with Crippen LogP contribution in [0.3, 0.4) is 0 Å². The smallest absolute Gasteiger partial charge is 0.433 e. The second kappa shape index (κ2) is 13.2. The summed E-state index contributed by atoms with van der Waals surface area (Å²) in [6, 6.07) is 12.3. The lowest BCUT2D eigenvalue weighted by atomic mass is 10.1. The Morgan fingerprint density at radius 2 is 1.77 bits per heavy atom. The van der Waals surface area contributed by atoms with E-state index in [-0.39, 0.29) is 62.9 Å². The van der Waals surface area contributed by atoms with Gasteiger partial charge in [0.05, 0.1) is 45.9 Å². The average Bonchev–Trinajstić information content (AvgIpc) is 3.84. The highest BCUT2D eigenvalue weighted by Crippen LogP contribution is 2.39. The Hall–Kier alpha value is -6.54. The number of morpholine rings is 1. The highest BCUT2D eigenvalue weighted by atomic mass is 32.1. The number of primary amides is 1. The molecule has 0 radical (unpaired) electrons. The van der Waals surface area contributed by atoms with E-state index in [4.69, 9.17) is 15.2 Å². The van der Waals surface area contributed by atoms with Crippen molar-refractivity contribution in [1.82, 2.24) is 19.1 Å². The summed E-state index contributed by atoms with van der Waals surface area (Å²) in [6.07, 6.45) is -6.06. The first-order chi connectivity index (χ1) is 25.2. The number of benzene rings is 2. The quantitative estimate of drug-likeness (QED) is 0.174. The molecule has 0 saturated carbocycles. The van der Waals surface area contributed by atoms with Gasteiger partial charge in [-0.2, -0.15) is 17.5 Å². The molecule has 0 bridgehead atoms. The normalized spacial score (nSPS) is 16.5. The van der Waals surface area contributed by atoms with E-state index in [1.165, 1.54) is 42.6 Å². The average molecular weight is 749 g/mol. The number of amides is 5. The van der Waals surface area contributed by atoms with Gasteiger partial charge in [0.1, 0.15) is 5.69 Å². The number of alkyl halides is 3. The summed E-state index contributed by atoms with van der Waals surface area (Å²) in [6.45, 7) is 0.756. The first-order valence-corrected chi connectivity index (χ1v) is 16.2. The zero-order valence-corrected chi connectivity index (χ0v) is 27.8. The number of pyridine rings is 1. The van der Waals surface area contributed by atoms with Crippen molar-refractivity contribution in [2.24, 2.45) is 5.73 Å². The number of aromatic nitrogens is 4. The highest BCUT2D eigenvalue weighted by molar-refractivity contribution is 7.14. The minimum absolute atomic E-state index is 0.00354. The van der Waals surface area contributed by atoms with Crippen LogP contribution in [0.1, 0.15) is 43.7 Å². The van der Waals surface area contributed by atoms with Crippen molar-refractivity contribution in [3.05, 3.63) is 89.4 Å². The first-order valence-electron chi connectivity index (χ1n) is 15.4. The number of ether oxygens (including phenoxy) is 2. The molecule has 7 rings (SSSR count). The number of nitrogens with zero attached hydrogens (tertiary/aromatic N) is 6. The van der Waals surface area contributed by atoms with Crippen LogP contribution in [0.5, 0.6) is 0 Å². The van der Waals surface area contributed by atoms with Gasteiger partial charge in [-0.3, -0.25) is 38.7 Å². The number of nitrogens with two attached hydrogens (primary N) is 1. The fourth-order valence-corrected chi connectivity index (χ4v) is 6.81. The maximum Gasteiger partial charge on any atom is 0.433 e. The molecule has 1 fully saturated rings. The van der Waals surface area contributed by atoms with Crippen LogP contribution in [0.4, 0.5) is 30.5 Å². The van der Waals surface area contributed by atoms with Crippen LogP contribution < -0.4 is 20.9 Å². The van der Waals surface area contributed by atoms with Crippen LogP contribution >= 0.6 is 11.5 Å². The molecule has 3 N–H and O–H groups in total. The lowest BCUT2D eigenvalue weighted by Crippen LogP contribution is -2.56. The van der Waals surface area contributed by atoms with Crippen LogP contribution in [0, 0.1) is 0 Å². The zero-order chi connectivity index (χ0) is 37.8. The number of fused-ring (bicyclic) bond motifs is 2. The number of halogens is 3. The van der Waals surface area contributed by atoms with E-state index in [0.717, 1.165) is 45.2 Å². The molecule has 2 aliphatic heterocycles. The Morgan fingerprint density at radius 3 is 2.43 bits per heavy atom. The molecular weight excluding hydrogens is 725 g/mol. The van der Waals surface area contributed by atoms with Gasteiger partial charge >= 0.3 is 12.1 Å². The highest BCUT2D eigenvalue weighted by Gasteiger charge is 2.44. The Bertz CT molecular complexity index is 2340. The number of rotatable bonds is 8. The molecule has 5 heterocycles. The van der Waals surface area contributed by atoms with E-state index in [1.807, 2.05) is 0 Å². The predicted molar refractivity (Wildman–Crippen MR) is 178 cm³/mol. The van der Waals surface area contributed by atoms with E-state index in [2.05, 4.69) is 19.8 Å². The third kappa shape index (κ3) is 6.22. The number of hydrogen-bond donors (Lipinski definition) is 2. The minimum Gasteiger partial charge on any atom is -0.449 e. The lowest BCUT2D eigenvalue weighted by molar-refractivity contribution is -0.167. The third-order valence-electron chi connectivity index (χ3n) is 8.23. The van der Waals surface area contributed by atoms with E-state index in [0.29, 0.717) is 0 Å². The number of carbonyl (C=O) groups is 6. The van der Waals surface area contributed by atoms with Crippen molar-refractivity contribution >= 4 is 74.4 Å². The van der Waals surface area contributed by atoms with Crippen LogP contribution in [0.2, 0.25) is 0 Å². The van der Waals surface area contributed by atoms with Crippen molar-refractivity contribution in [3.63, 3.8) is 0 Å². The number of anilines is 3. The summed E-state index contributed by atoms with van der Waals surface area (Å²) in [5.74, 6) is -5.23. The second-order valence-electron chi connectivity index (χ2n) is 11.5. The number of imide groups is 1. The Kier molecular flexibility index (Phi) is 8.70. The zero-order valence-electron chi connectivity index (χ0n) is 27.0. The lowest BCUT2D eigenvalue weighted by Gasteiger charge is -2.34. The molecule has 2 aromatic carbocycles. The molecule has 270 valence electrons. The van der Waals surface area contributed by atoms with Gasteiger partial charge in [-0.1, -0.05) is 12.1 Å². The van der Waals surface area contributed by atoms with Crippen molar-refractivity contribution in [1.29, 1.82) is 0 Å². The van der Waals surface area contributed by atoms with Crippen LogP contribution in [0.25, 0.3) is 15.8 Å². The van der Waals surface area contributed by atoms with Gasteiger partial charge in [-0.15, -0.1) is 5.10 Å². The summed E-state index contributed by atoms with van der Waals surface area (Å²) >= 11 is 0.740. The van der Waals surface area contributed by atoms with Gasteiger partial charge in [0.15, 0.2) is 17.7 Å². The third-order valence-corrected chi connectivity index (χ3v) is 9.10. The molecule has 2 unspecified atom stereocenters. The maximum absolute atomic E-state index is 13.8. The van der Waals surface area contributed by atoms with E-state index in [1.54, 1.807) is 12.1 Å². The molecular formula is C33H23F3N8O8S. The molecule has 20 heteroatoms. The van der Waals surface area contributed by atoms with E-state index in [9.17, 15) is 41.9 Å². The van der Waals surface area contributed by atoms with Gasteiger partial charge < -0.3 is 20.5 Å². The fourth-order valence-electron chi connectivity index (χ4n) is 5.89. The Morgan fingerprint density at radius 1 is 1.06 bits per heavy atom. The summed E-state index contributed by atoms with van der Waals surface area (Å²) in [4.78, 5) is 84.0. The summed E-state index contributed by atoms with van der Waals surface area (Å²) in [5, 5.41) is 6.88. The SMILES string of the molecule is CC(=O)OC(C(=O)Nc1ccc2c(N3C(=O)c4ccccc4C3=O)nsc2c1C(N)=O)C1OCCN(c2ccn(-c3ccnc(C(F)(F)F)c3)n2)C1=O. The molecule has 2 atom stereocenters. The summed E-state index contributed by atoms with van der Waals surface area (Å²) in [7, 11) is 0. The van der Waals surface area contributed by atoms with Gasteiger partial charge in [-0.25, -0.2) is 9.58 Å². The molecule has 3 aromatic heterocycles. The molecule has 5 amide bonds. The number of esters is 1. The van der Waals surface area contributed by atoms with Crippen LogP contribution in [-0.2, 0) is 30.0 Å². The van der Waals surface area contributed by atoms with Crippen LogP contribution in [-0.4, -0.2) is 80.0 Å². The van der Waals surface area contributed by atoms with Crippen molar-refractivity contribution in [2.45, 2.75) is 25.3 Å². The molecule has 1 saturated heterocycles. The van der Waals surface area contributed by atoms with Crippen molar-refractivity contribution < 1.29 is 51.4 Å². The minimum atomic E-state index is -4.71. The molecule has 53 heavy (non-hydrogen) atoms. The summed E-state index contributed by atoms with van der Waals surface area (Å²) < 4.78 is 56.0. The number of hydrogen-bond acceptors (Lipinski definition) is 12. The summed E-state index contributed by atoms with van der Waals surface area (Å²) in [5.41, 5.74) is 4.52. The molecule has 0 spiro atoms. The standard InChI is InChI=1S/C33H23F3N8O8S/c1-15(45)52-24(25-32(50)42(12-13-51-25)22-9-11-43(40-22)16-8-10-38-21(14-16)33(34,35)36)29(47)39-20-7-6-19-26(23(20)27(37)46)53-41-28(19)44-30(48)17-4-2-3-5-18(17)31(44)49/h2-11,14,24-25H,12-13H2,1H3,(H2,37,46)(H,39,47). The van der Waals surface area contributed by atoms with Crippen LogP contribution in [0.15, 0.2) is 67.0 Å². The molecule has 16 nitrogen and oxygen atoms in total. The number of nitrogens with one attached hydrogen (secondary N) is 1. The van der Waals surface area contributed by atoms with Gasteiger partial charge in [0.25, 0.3) is 29.5 Å². The topological polar surface area (TPSA) is 209 Å². The monoisotopic (exact) mass is 748 g/mol. The molecule has 0 aliphatic carbocycles.